The molecule has 10 heteroatoms. The third-order valence-corrected chi connectivity index (χ3v) is 3.57. The number of carboxylic acids is 1. The van der Waals surface area contributed by atoms with Gasteiger partial charge in [0.05, 0.1) is 16.4 Å². The molecule has 1 aromatic carbocycles. The molecule has 1 heterocycles. The lowest BCUT2D eigenvalue weighted by molar-refractivity contribution is -0.385. The maximum absolute atomic E-state index is 12.4. The lowest BCUT2D eigenvalue weighted by Crippen LogP contribution is -2.51. The van der Waals surface area contributed by atoms with Crippen LogP contribution in [0.1, 0.15) is 27.6 Å². The van der Waals surface area contributed by atoms with Crippen LogP contribution in [0.4, 0.5) is 5.69 Å². The minimum Gasteiger partial charge on any atom is -0.480 e. The average molecular weight is 321 g/mol. The van der Waals surface area contributed by atoms with Crippen molar-refractivity contribution in [3.63, 3.8) is 0 Å². The van der Waals surface area contributed by atoms with Crippen LogP contribution in [0.5, 0.6) is 0 Å². The van der Waals surface area contributed by atoms with Gasteiger partial charge < -0.3 is 10.8 Å². The van der Waals surface area contributed by atoms with E-state index >= 15 is 0 Å². The Morgan fingerprint density at radius 1 is 1.30 bits per heavy atom. The Morgan fingerprint density at radius 3 is 2.39 bits per heavy atom. The van der Waals surface area contributed by atoms with E-state index in [-0.39, 0.29) is 5.56 Å². The first-order valence-electron chi connectivity index (χ1n) is 6.35. The molecule has 0 fully saturated rings. The van der Waals surface area contributed by atoms with Crippen molar-refractivity contribution in [2.24, 2.45) is 11.7 Å². The molecule has 0 saturated carbocycles. The van der Waals surface area contributed by atoms with Crippen LogP contribution in [0.15, 0.2) is 18.2 Å². The van der Waals surface area contributed by atoms with Crippen molar-refractivity contribution in [2.75, 3.05) is 0 Å². The van der Waals surface area contributed by atoms with Gasteiger partial charge in [0.15, 0.2) is 0 Å². The van der Waals surface area contributed by atoms with E-state index < -0.39 is 51.8 Å². The summed E-state index contributed by atoms with van der Waals surface area (Å²) in [7, 11) is 0. The summed E-state index contributed by atoms with van der Waals surface area (Å²) in [4.78, 5) is 57.9. The van der Waals surface area contributed by atoms with E-state index in [0.29, 0.717) is 4.90 Å². The maximum Gasteiger partial charge on any atom is 0.327 e. The van der Waals surface area contributed by atoms with Crippen molar-refractivity contribution in [3.05, 3.63) is 39.4 Å². The number of hydrogen-bond acceptors (Lipinski definition) is 6. The van der Waals surface area contributed by atoms with Crippen molar-refractivity contribution in [1.82, 2.24) is 4.90 Å². The second kappa shape index (κ2) is 5.48. The Balaban J connectivity index is 2.60. The fourth-order valence-corrected chi connectivity index (χ4v) is 2.39. The first kappa shape index (κ1) is 16.1. The fourth-order valence-electron chi connectivity index (χ4n) is 2.39. The van der Waals surface area contributed by atoms with Crippen LogP contribution < -0.4 is 5.73 Å². The third-order valence-electron chi connectivity index (χ3n) is 3.57. The predicted molar refractivity (Wildman–Crippen MR) is 73.4 cm³/mol. The number of carbonyl (C=O) groups is 4. The lowest BCUT2D eigenvalue weighted by Gasteiger charge is -2.25. The van der Waals surface area contributed by atoms with Gasteiger partial charge in [-0.2, -0.15) is 0 Å². The zero-order chi connectivity index (χ0) is 17.5. The van der Waals surface area contributed by atoms with Gasteiger partial charge in [0.25, 0.3) is 17.5 Å². The molecule has 120 valence electrons. The zero-order valence-electron chi connectivity index (χ0n) is 11.8. The van der Waals surface area contributed by atoms with Gasteiger partial charge in [-0.3, -0.25) is 29.4 Å². The van der Waals surface area contributed by atoms with Gasteiger partial charge >= 0.3 is 5.97 Å². The predicted octanol–water partition coefficient (Wildman–Crippen LogP) is -0.235. The van der Waals surface area contributed by atoms with Gasteiger partial charge in [-0.25, -0.2) is 4.79 Å². The number of amides is 3. The van der Waals surface area contributed by atoms with E-state index in [1.165, 1.54) is 12.1 Å². The van der Waals surface area contributed by atoms with E-state index in [2.05, 4.69) is 0 Å². The van der Waals surface area contributed by atoms with Crippen molar-refractivity contribution in [3.8, 4) is 0 Å². The number of nitro groups is 1. The molecule has 1 aliphatic heterocycles. The summed E-state index contributed by atoms with van der Waals surface area (Å²) in [5.74, 6) is -6.17. The van der Waals surface area contributed by atoms with E-state index in [0.717, 1.165) is 13.0 Å². The molecule has 2 atom stereocenters. The number of carbonyl (C=O) groups excluding carboxylic acids is 3. The van der Waals surface area contributed by atoms with Crippen molar-refractivity contribution >= 4 is 29.4 Å². The molecule has 0 aliphatic carbocycles. The molecule has 3 amide bonds. The number of imide groups is 1. The number of nitrogens with two attached hydrogens (primary N) is 1. The van der Waals surface area contributed by atoms with Crippen LogP contribution in [0.2, 0.25) is 0 Å². The van der Waals surface area contributed by atoms with E-state index in [4.69, 9.17) is 5.73 Å². The Labute approximate surface area is 128 Å². The number of carboxylic acid groups (broad SMARTS) is 1. The number of hydrogen-bond donors (Lipinski definition) is 2. The molecule has 0 spiro atoms. The highest BCUT2D eigenvalue weighted by Gasteiger charge is 2.49. The Hall–Kier alpha value is -3.30. The van der Waals surface area contributed by atoms with Crippen LogP contribution in [-0.2, 0) is 9.59 Å². The fraction of sp³-hybridized carbons (Fsp3) is 0.231. The van der Waals surface area contributed by atoms with Gasteiger partial charge in [0.1, 0.15) is 11.6 Å². The number of fused-ring (bicyclic) bond motifs is 1. The second-order valence-electron chi connectivity index (χ2n) is 4.91. The van der Waals surface area contributed by atoms with Crippen LogP contribution in [0.25, 0.3) is 0 Å². The molecule has 2 rings (SSSR count). The maximum atomic E-state index is 12.4. The highest BCUT2D eigenvalue weighted by molar-refractivity contribution is 6.24. The standard InChI is InChI=1S/C13H11N3O7/c1-5(10(14)17)9(13(20)21)15-11(18)6-3-2-4-7(16(22)23)8(6)12(15)19/h2-5,9H,1H3,(H2,14,17)(H,20,21). The molecule has 1 aromatic rings. The van der Waals surface area contributed by atoms with E-state index in [1.54, 1.807) is 0 Å². The number of primary amides is 1. The van der Waals surface area contributed by atoms with Gasteiger partial charge in [0, 0.05) is 6.07 Å². The van der Waals surface area contributed by atoms with Gasteiger partial charge in [-0.15, -0.1) is 0 Å². The van der Waals surface area contributed by atoms with E-state index in [9.17, 15) is 34.4 Å². The number of nitrogens with zero attached hydrogens (tertiary/aromatic N) is 2. The summed E-state index contributed by atoms with van der Waals surface area (Å²) in [6.07, 6.45) is 0. The first-order valence-corrected chi connectivity index (χ1v) is 6.35. The molecule has 0 aromatic heterocycles. The summed E-state index contributed by atoms with van der Waals surface area (Å²) in [6, 6.07) is 1.57. The second-order valence-corrected chi connectivity index (χ2v) is 4.91. The first-order chi connectivity index (χ1) is 10.7. The summed E-state index contributed by atoms with van der Waals surface area (Å²) in [5.41, 5.74) is 3.66. The molecular formula is C13H11N3O7. The van der Waals surface area contributed by atoms with Crippen LogP contribution in [0.3, 0.4) is 0 Å². The summed E-state index contributed by atoms with van der Waals surface area (Å²) in [6.45, 7) is 1.15. The summed E-state index contributed by atoms with van der Waals surface area (Å²) < 4.78 is 0. The van der Waals surface area contributed by atoms with Gasteiger partial charge in [0.2, 0.25) is 5.91 Å². The molecule has 0 radical (unpaired) electrons. The van der Waals surface area contributed by atoms with Crippen LogP contribution in [0, 0.1) is 16.0 Å². The normalized spacial score (nSPS) is 16.0. The topological polar surface area (TPSA) is 161 Å². The van der Waals surface area contributed by atoms with Gasteiger partial charge in [-0.1, -0.05) is 13.0 Å². The summed E-state index contributed by atoms with van der Waals surface area (Å²) >= 11 is 0. The molecule has 2 unspecified atom stereocenters. The Morgan fingerprint density at radius 2 is 1.91 bits per heavy atom. The van der Waals surface area contributed by atoms with E-state index in [1.807, 2.05) is 0 Å². The number of nitro benzene ring substituents is 1. The van der Waals surface area contributed by atoms with Crippen molar-refractivity contribution in [2.45, 2.75) is 13.0 Å². The number of benzene rings is 1. The largest absolute Gasteiger partial charge is 0.480 e. The smallest absolute Gasteiger partial charge is 0.327 e. The van der Waals surface area contributed by atoms with Crippen molar-refractivity contribution in [1.29, 1.82) is 0 Å². The molecule has 1 aliphatic rings. The monoisotopic (exact) mass is 321 g/mol. The quantitative estimate of drug-likeness (QED) is 0.430. The average Bonchev–Trinajstić information content (AvgIpc) is 2.72. The Bertz CT molecular complexity index is 758. The minimum absolute atomic E-state index is 0.285. The zero-order valence-corrected chi connectivity index (χ0v) is 11.8. The highest BCUT2D eigenvalue weighted by Crippen LogP contribution is 2.33. The third kappa shape index (κ3) is 2.39. The number of rotatable bonds is 5. The Kier molecular flexibility index (Phi) is 3.83. The highest BCUT2D eigenvalue weighted by atomic mass is 16.6. The van der Waals surface area contributed by atoms with Crippen molar-refractivity contribution < 1.29 is 29.2 Å². The lowest BCUT2D eigenvalue weighted by atomic mass is 10.00. The molecule has 0 saturated heterocycles. The molecule has 0 bridgehead atoms. The summed E-state index contributed by atoms with van der Waals surface area (Å²) in [5, 5.41) is 20.3. The van der Waals surface area contributed by atoms with Gasteiger partial charge in [-0.05, 0) is 6.07 Å². The molecular weight excluding hydrogens is 310 g/mol. The minimum atomic E-state index is -1.85. The van der Waals surface area contributed by atoms with Crippen LogP contribution >= 0.6 is 0 Å². The molecule has 23 heavy (non-hydrogen) atoms. The SMILES string of the molecule is CC(C(N)=O)C(C(=O)O)N1C(=O)c2cccc([N+](=O)[O-])c2C1=O. The van der Waals surface area contributed by atoms with Crippen LogP contribution in [-0.4, -0.2) is 44.7 Å². The number of aliphatic carboxylic acids is 1. The molecule has 3 N–H and O–H groups in total. The molecule has 10 nitrogen and oxygen atoms in total.